The summed E-state index contributed by atoms with van der Waals surface area (Å²) in [5.41, 5.74) is 1.55. The average Bonchev–Trinajstić information content (AvgIpc) is 2.42. The van der Waals surface area contributed by atoms with Gasteiger partial charge >= 0.3 is 5.97 Å². The fourth-order valence-corrected chi connectivity index (χ4v) is 2.37. The maximum Gasteiger partial charge on any atom is 0.310 e. The van der Waals surface area contributed by atoms with Gasteiger partial charge in [-0.05, 0) is 49.0 Å². The zero-order chi connectivity index (χ0) is 13.0. The Labute approximate surface area is 106 Å². The molecule has 1 heterocycles. The summed E-state index contributed by atoms with van der Waals surface area (Å²) >= 11 is 0. The van der Waals surface area contributed by atoms with Crippen LogP contribution in [0.2, 0.25) is 0 Å². The normalized spacial score (nSPS) is 16.6. The molecule has 0 bridgehead atoms. The molecule has 3 nitrogen and oxygen atoms in total. The number of rotatable bonds is 3. The lowest BCUT2D eigenvalue weighted by molar-refractivity contribution is -0.139. The zero-order valence-electron chi connectivity index (χ0n) is 10.5. The number of carbonyl (C=O) groups excluding carboxylic acids is 1. The summed E-state index contributed by atoms with van der Waals surface area (Å²) in [4.78, 5) is 11.2. The predicted octanol–water partition coefficient (Wildman–Crippen LogP) is 2.01. The van der Waals surface area contributed by atoms with Crippen molar-refractivity contribution in [1.29, 1.82) is 0 Å². The van der Waals surface area contributed by atoms with Crippen LogP contribution in [0.25, 0.3) is 0 Å². The first-order valence-electron chi connectivity index (χ1n) is 6.26. The monoisotopic (exact) mass is 251 g/mol. The predicted molar refractivity (Wildman–Crippen MR) is 67.0 cm³/mol. The first-order chi connectivity index (χ1) is 8.70. The number of halogens is 1. The van der Waals surface area contributed by atoms with Crippen LogP contribution >= 0.6 is 0 Å². The summed E-state index contributed by atoms with van der Waals surface area (Å²) in [6, 6.07) is 5.09. The lowest BCUT2D eigenvalue weighted by atomic mass is 9.89. The number of benzene rings is 1. The highest BCUT2D eigenvalue weighted by atomic mass is 19.1. The van der Waals surface area contributed by atoms with Crippen molar-refractivity contribution in [3.8, 4) is 0 Å². The van der Waals surface area contributed by atoms with Crippen LogP contribution in [0, 0.1) is 5.82 Å². The Kier molecular flexibility index (Phi) is 4.31. The second kappa shape index (κ2) is 5.96. The van der Waals surface area contributed by atoms with E-state index in [4.69, 9.17) is 0 Å². The first kappa shape index (κ1) is 13.0. The fourth-order valence-electron chi connectivity index (χ4n) is 2.37. The second-order valence-electron chi connectivity index (χ2n) is 4.63. The molecule has 18 heavy (non-hydrogen) atoms. The van der Waals surface area contributed by atoms with Gasteiger partial charge in [0.15, 0.2) is 0 Å². The van der Waals surface area contributed by atoms with E-state index in [2.05, 4.69) is 10.1 Å². The summed E-state index contributed by atoms with van der Waals surface area (Å²) in [7, 11) is 1.32. The fraction of sp³-hybridized carbons (Fsp3) is 0.500. The van der Waals surface area contributed by atoms with Gasteiger partial charge in [0.1, 0.15) is 5.82 Å². The molecule has 1 saturated heterocycles. The average molecular weight is 251 g/mol. The molecule has 1 aliphatic heterocycles. The largest absolute Gasteiger partial charge is 0.469 e. The summed E-state index contributed by atoms with van der Waals surface area (Å²) in [5.74, 6) is -0.280. The maximum absolute atomic E-state index is 13.6. The van der Waals surface area contributed by atoms with E-state index in [0.29, 0.717) is 11.5 Å². The highest BCUT2D eigenvalue weighted by Crippen LogP contribution is 2.26. The van der Waals surface area contributed by atoms with Crippen molar-refractivity contribution in [2.75, 3.05) is 20.2 Å². The molecule has 0 atom stereocenters. The van der Waals surface area contributed by atoms with Crippen molar-refractivity contribution in [2.24, 2.45) is 0 Å². The molecule has 1 aliphatic rings. The minimum Gasteiger partial charge on any atom is -0.469 e. The van der Waals surface area contributed by atoms with E-state index in [1.807, 2.05) is 12.1 Å². The third-order valence-corrected chi connectivity index (χ3v) is 3.44. The highest BCUT2D eigenvalue weighted by molar-refractivity contribution is 5.72. The number of methoxy groups -OCH3 is 1. The molecule has 1 aromatic carbocycles. The van der Waals surface area contributed by atoms with Crippen LogP contribution in [-0.2, 0) is 16.0 Å². The van der Waals surface area contributed by atoms with Crippen LogP contribution in [-0.4, -0.2) is 26.2 Å². The van der Waals surface area contributed by atoms with Gasteiger partial charge in [0.2, 0.25) is 0 Å². The van der Waals surface area contributed by atoms with Gasteiger partial charge in [-0.1, -0.05) is 12.1 Å². The number of hydrogen-bond acceptors (Lipinski definition) is 3. The molecular weight excluding hydrogens is 233 g/mol. The third-order valence-electron chi connectivity index (χ3n) is 3.44. The van der Waals surface area contributed by atoms with Gasteiger partial charge in [-0.2, -0.15) is 0 Å². The maximum atomic E-state index is 13.6. The van der Waals surface area contributed by atoms with E-state index in [1.54, 1.807) is 0 Å². The molecule has 1 N–H and O–H groups in total. The number of ether oxygens (including phenoxy) is 1. The van der Waals surface area contributed by atoms with E-state index in [9.17, 15) is 9.18 Å². The number of piperidine rings is 1. The van der Waals surface area contributed by atoms with Gasteiger partial charge in [0.05, 0.1) is 13.5 Å². The van der Waals surface area contributed by atoms with E-state index in [-0.39, 0.29) is 12.2 Å². The van der Waals surface area contributed by atoms with Crippen LogP contribution in [0.5, 0.6) is 0 Å². The lowest BCUT2D eigenvalue weighted by Gasteiger charge is -2.23. The standard InChI is InChI=1S/C14H18FNO2/c1-18-14(17)9-12-8-11(2-3-13(12)15)10-4-6-16-7-5-10/h2-3,8,10,16H,4-7,9H2,1H3. The molecule has 0 saturated carbocycles. The number of carbonyl (C=O) groups is 1. The molecule has 4 heteroatoms. The van der Waals surface area contributed by atoms with Gasteiger partial charge in [0, 0.05) is 0 Å². The van der Waals surface area contributed by atoms with Crippen molar-refractivity contribution in [3.63, 3.8) is 0 Å². The number of nitrogens with one attached hydrogen (secondary N) is 1. The van der Waals surface area contributed by atoms with Gasteiger partial charge < -0.3 is 10.1 Å². The van der Waals surface area contributed by atoms with E-state index < -0.39 is 5.97 Å². The van der Waals surface area contributed by atoms with Crippen LogP contribution in [0.3, 0.4) is 0 Å². The molecule has 0 aliphatic carbocycles. The van der Waals surface area contributed by atoms with E-state index >= 15 is 0 Å². The molecule has 0 radical (unpaired) electrons. The Hall–Kier alpha value is -1.42. The van der Waals surface area contributed by atoms with Crippen LogP contribution < -0.4 is 5.32 Å². The van der Waals surface area contributed by atoms with E-state index in [1.165, 1.54) is 13.2 Å². The van der Waals surface area contributed by atoms with Crippen LogP contribution in [0.4, 0.5) is 4.39 Å². The Bertz CT molecular complexity index is 428. The van der Waals surface area contributed by atoms with Gasteiger partial charge in [0.25, 0.3) is 0 Å². The second-order valence-corrected chi connectivity index (χ2v) is 4.63. The molecule has 1 fully saturated rings. The highest BCUT2D eigenvalue weighted by Gasteiger charge is 2.17. The summed E-state index contributed by atoms with van der Waals surface area (Å²) in [6.45, 7) is 1.99. The molecule has 98 valence electrons. The summed E-state index contributed by atoms with van der Waals surface area (Å²) in [5, 5.41) is 3.30. The van der Waals surface area contributed by atoms with E-state index in [0.717, 1.165) is 31.5 Å². The number of hydrogen-bond donors (Lipinski definition) is 1. The Morgan fingerprint density at radius 3 is 2.83 bits per heavy atom. The molecule has 0 aromatic heterocycles. The minimum atomic E-state index is -0.406. The lowest BCUT2D eigenvalue weighted by Crippen LogP contribution is -2.26. The molecule has 0 spiro atoms. The summed E-state index contributed by atoms with van der Waals surface area (Å²) < 4.78 is 18.2. The van der Waals surface area contributed by atoms with Gasteiger partial charge in [-0.25, -0.2) is 4.39 Å². The minimum absolute atomic E-state index is 0.00113. The third kappa shape index (κ3) is 3.07. The van der Waals surface area contributed by atoms with Crippen molar-refractivity contribution in [1.82, 2.24) is 5.32 Å². The smallest absolute Gasteiger partial charge is 0.310 e. The quantitative estimate of drug-likeness (QED) is 0.835. The Balaban J connectivity index is 2.16. The number of esters is 1. The van der Waals surface area contributed by atoms with Crippen molar-refractivity contribution in [3.05, 3.63) is 35.1 Å². The van der Waals surface area contributed by atoms with Crippen LogP contribution in [0.1, 0.15) is 29.9 Å². The van der Waals surface area contributed by atoms with Gasteiger partial charge in [-0.15, -0.1) is 0 Å². The molecular formula is C14H18FNO2. The van der Waals surface area contributed by atoms with Crippen LogP contribution in [0.15, 0.2) is 18.2 Å². The zero-order valence-corrected chi connectivity index (χ0v) is 10.5. The molecule has 2 rings (SSSR count). The van der Waals surface area contributed by atoms with Crippen molar-refractivity contribution in [2.45, 2.75) is 25.2 Å². The van der Waals surface area contributed by atoms with Gasteiger partial charge in [-0.3, -0.25) is 4.79 Å². The molecule has 0 amide bonds. The van der Waals surface area contributed by atoms with Crippen molar-refractivity contribution >= 4 is 5.97 Å². The molecule has 1 aromatic rings. The topological polar surface area (TPSA) is 38.3 Å². The van der Waals surface area contributed by atoms with Crippen molar-refractivity contribution < 1.29 is 13.9 Å². The SMILES string of the molecule is COC(=O)Cc1cc(C2CCNCC2)ccc1F. The summed E-state index contributed by atoms with van der Waals surface area (Å²) in [6.07, 6.45) is 2.12. The Morgan fingerprint density at radius 1 is 1.44 bits per heavy atom. The molecule has 0 unspecified atom stereocenters. The first-order valence-corrected chi connectivity index (χ1v) is 6.26. The Morgan fingerprint density at radius 2 is 2.17 bits per heavy atom.